The van der Waals surface area contributed by atoms with Crippen LogP contribution in [0.1, 0.15) is 25.8 Å². The molecule has 1 heterocycles. The van der Waals surface area contributed by atoms with E-state index < -0.39 is 17.0 Å². The molecular weight excluding hydrogens is 443 g/mol. The van der Waals surface area contributed by atoms with Crippen molar-refractivity contribution in [2.75, 3.05) is 18.5 Å². The van der Waals surface area contributed by atoms with Gasteiger partial charge in [0.1, 0.15) is 11.0 Å². The molecular formula is C22H22F3N3O3S. The number of hydrogen-bond donors (Lipinski definition) is 1. The monoisotopic (exact) mass is 465 g/mol. The van der Waals surface area contributed by atoms with Crippen LogP contribution < -0.4 is 10.1 Å². The highest BCUT2D eigenvalue weighted by Crippen LogP contribution is 2.34. The molecule has 10 heteroatoms. The van der Waals surface area contributed by atoms with Gasteiger partial charge in [-0.2, -0.15) is 13.2 Å². The van der Waals surface area contributed by atoms with Crippen LogP contribution in [0.2, 0.25) is 0 Å². The minimum Gasteiger partial charge on any atom is -0.494 e. The Bertz CT molecular complexity index is 1010. The van der Waals surface area contributed by atoms with Crippen molar-refractivity contribution in [2.24, 2.45) is 4.99 Å². The van der Waals surface area contributed by atoms with E-state index in [0.717, 1.165) is 23.9 Å². The van der Waals surface area contributed by atoms with Gasteiger partial charge >= 0.3 is 6.18 Å². The fourth-order valence-electron chi connectivity index (χ4n) is 3.06. The third-order valence-corrected chi connectivity index (χ3v) is 5.73. The van der Waals surface area contributed by atoms with Crippen LogP contribution in [0.25, 0.3) is 0 Å². The quantitative estimate of drug-likeness (QED) is 0.619. The minimum absolute atomic E-state index is 0.0885. The summed E-state index contributed by atoms with van der Waals surface area (Å²) < 4.78 is 44.2. The lowest BCUT2D eigenvalue weighted by Crippen LogP contribution is -2.33. The topological polar surface area (TPSA) is 71.0 Å². The van der Waals surface area contributed by atoms with Gasteiger partial charge in [0.15, 0.2) is 5.17 Å². The van der Waals surface area contributed by atoms with Gasteiger partial charge in [0.2, 0.25) is 11.8 Å². The van der Waals surface area contributed by atoms with Crippen LogP contribution in [0.15, 0.2) is 53.5 Å². The Labute approximate surface area is 187 Å². The van der Waals surface area contributed by atoms with Crippen LogP contribution >= 0.6 is 11.8 Å². The van der Waals surface area contributed by atoms with Crippen LogP contribution in [0.3, 0.4) is 0 Å². The molecule has 0 saturated carbocycles. The maximum absolute atomic E-state index is 13.0. The normalized spacial score (nSPS) is 17.7. The minimum atomic E-state index is -4.49. The van der Waals surface area contributed by atoms with Crippen molar-refractivity contribution in [3.8, 4) is 5.75 Å². The van der Waals surface area contributed by atoms with Gasteiger partial charge in [0, 0.05) is 18.7 Å². The number of nitrogens with one attached hydrogen (secondary N) is 1. The summed E-state index contributed by atoms with van der Waals surface area (Å²) in [6.45, 7) is 4.43. The molecule has 1 atom stereocenters. The SMILES string of the molecule is CCOc1ccc(NC(=O)C[C@H]2SC(=Nc3cccc(C(F)(F)F)c3)N(CC)C2=O)cc1. The van der Waals surface area contributed by atoms with E-state index in [-0.39, 0.29) is 29.1 Å². The van der Waals surface area contributed by atoms with Crippen molar-refractivity contribution in [2.45, 2.75) is 31.7 Å². The predicted octanol–water partition coefficient (Wildman–Crippen LogP) is 5.08. The lowest BCUT2D eigenvalue weighted by Gasteiger charge is -2.13. The summed E-state index contributed by atoms with van der Waals surface area (Å²) in [6.07, 6.45) is -4.57. The molecule has 2 aromatic rings. The first-order valence-electron chi connectivity index (χ1n) is 9.98. The van der Waals surface area contributed by atoms with Gasteiger partial charge in [-0.3, -0.25) is 14.5 Å². The highest BCUT2D eigenvalue weighted by atomic mass is 32.2. The molecule has 170 valence electrons. The number of carbonyl (C=O) groups is 2. The number of anilines is 1. The number of amides is 2. The zero-order valence-electron chi connectivity index (χ0n) is 17.5. The first-order chi connectivity index (χ1) is 15.2. The number of alkyl halides is 3. The maximum Gasteiger partial charge on any atom is 0.416 e. The third-order valence-electron chi connectivity index (χ3n) is 4.55. The molecule has 2 aromatic carbocycles. The Morgan fingerprint density at radius 3 is 2.53 bits per heavy atom. The lowest BCUT2D eigenvalue weighted by molar-refractivity contribution is -0.137. The summed E-state index contributed by atoms with van der Waals surface area (Å²) in [4.78, 5) is 30.8. The second kappa shape index (κ2) is 10.1. The molecule has 0 unspecified atom stereocenters. The van der Waals surface area contributed by atoms with Crippen LogP contribution in [-0.2, 0) is 15.8 Å². The highest BCUT2D eigenvalue weighted by Gasteiger charge is 2.38. The van der Waals surface area contributed by atoms with Crippen LogP contribution in [0.5, 0.6) is 5.75 Å². The molecule has 1 aliphatic rings. The van der Waals surface area contributed by atoms with Crippen LogP contribution in [-0.4, -0.2) is 40.3 Å². The van der Waals surface area contributed by atoms with E-state index in [1.807, 2.05) is 6.92 Å². The molecule has 32 heavy (non-hydrogen) atoms. The number of rotatable bonds is 7. The molecule has 0 aromatic heterocycles. The molecule has 1 N–H and O–H groups in total. The number of amidine groups is 1. The average molecular weight is 465 g/mol. The Kier molecular flexibility index (Phi) is 7.44. The van der Waals surface area contributed by atoms with E-state index in [4.69, 9.17) is 4.74 Å². The first kappa shape index (κ1) is 23.6. The molecule has 3 rings (SSSR count). The van der Waals surface area contributed by atoms with Gasteiger partial charge in [0.25, 0.3) is 0 Å². The Morgan fingerprint density at radius 2 is 1.91 bits per heavy atom. The Hall–Kier alpha value is -3.01. The van der Waals surface area contributed by atoms with Crippen LogP contribution in [0.4, 0.5) is 24.5 Å². The number of thioether (sulfide) groups is 1. The molecule has 0 aliphatic carbocycles. The maximum atomic E-state index is 13.0. The average Bonchev–Trinajstić information content (AvgIpc) is 3.03. The van der Waals surface area contributed by atoms with Crippen molar-refractivity contribution < 1.29 is 27.5 Å². The predicted molar refractivity (Wildman–Crippen MR) is 118 cm³/mol. The van der Waals surface area contributed by atoms with Gasteiger partial charge in [-0.05, 0) is 56.3 Å². The van der Waals surface area contributed by atoms with Gasteiger partial charge < -0.3 is 10.1 Å². The third kappa shape index (κ3) is 5.82. The first-order valence-corrected chi connectivity index (χ1v) is 10.9. The van der Waals surface area contributed by atoms with Gasteiger partial charge in [-0.1, -0.05) is 17.8 Å². The van der Waals surface area contributed by atoms with E-state index in [9.17, 15) is 22.8 Å². The molecule has 1 saturated heterocycles. The Morgan fingerprint density at radius 1 is 1.19 bits per heavy atom. The number of hydrogen-bond acceptors (Lipinski definition) is 5. The second-order valence-corrected chi connectivity index (χ2v) is 8.01. The number of benzene rings is 2. The van der Waals surface area contributed by atoms with Crippen LogP contribution in [0, 0.1) is 0 Å². The summed E-state index contributed by atoms with van der Waals surface area (Å²) in [5.41, 5.74) is -0.157. The molecule has 0 bridgehead atoms. The van der Waals surface area contributed by atoms with E-state index >= 15 is 0 Å². The van der Waals surface area contributed by atoms with Gasteiger partial charge in [0.05, 0.1) is 17.9 Å². The zero-order valence-corrected chi connectivity index (χ0v) is 18.3. The van der Waals surface area contributed by atoms with Crippen molar-refractivity contribution in [1.82, 2.24) is 4.90 Å². The number of carbonyl (C=O) groups excluding carboxylic acids is 2. The standard InChI is InChI=1S/C22H22F3N3O3S/c1-3-28-20(30)18(13-19(29)26-15-8-10-17(11-9-15)31-4-2)32-21(28)27-16-7-5-6-14(12-16)22(23,24)25/h5-12,18H,3-4,13H2,1-2H3,(H,26,29)/t18-/m1/s1. The second-order valence-electron chi connectivity index (χ2n) is 6.84. The smallest absolute Gasteiger partial charge is 0.416 e. The molecule has 1 fully saturated rings. The highest BCUT2D eigenvalue weighted by molar-refractivity contribution is 8.15. The van der Waals surface area contributed by atoms with E-state index in [1.54, 1.807) is 31.2 Å². The summed E-state index contributed by atoms with van der Waals surface area (Å²) in [5.74, 6) is 0.0301. The number of ether oxygens (including phenoxy) is 1. The molecule has 0 radical (unpaired) electrons. The molecule has 1 aliphatic heterocycles. The zero-order chi connectivity index (χ0) is 23.3. The summed E-state index contributed by atoms with van der Waals surface area (Å²) in [6, 6.07) is 11.5. The van der Waals surface area contributed by atoms with Crippen molar-refractivity contribution in [3.05, 3.63) is 54.1 Å². The number of aliphatic imine (C=N–C) groups is 1. The van der Waals surface area contributed by atoms with E-state index in [2.05, 4.69) is 10.3 Å². The summed E-state index contributed by atoms with van der Waals surface area (Å²) >= 11 is 1.07. The lowest BCUT2D eigenvalue weighted by atomic mass is 10.2. The molecule has 2 amide bonds. The van der Waals surface area contributed by atoms with E-state index in [0.29, 0.717) is 24.6 Å². The van der Waals surface area contributed by atoms with Crippen molar-refractivity contribution in [3.63, 3.8) is 0 Å². The number of halogens is 3. The van der Waals surface area contributed by atoms with Crippen molar-refractivity contribution in [1.29, 1.82) is 0 Å². The van der Waals surface area contributed by atoms with E-state index in [1.165, 1.54) is 17.0 Å². The van der Waals surface area contributed by atoms with Crippen molar-refractivity contribution >= 4 is 40.1 Å². The van der Waals surface area contributed by atoms with Gasteiger partial charge in [-0.25, -0.2) is 4.99 Å². The van der Waals surface area contributed by atoms with Gasteiger partial charge in [-0.15, -0.1) is 0 Å². The largest absolute Gasteiger partial charge is 0.494 e. The Balaban J connectivity index is 1.69. The molecule has 6 nitrogen and oxygen atoms in total. The fraction of sp³-hybridized carbons (Fsp3) is 0.318. The molecule has 0 spiro atoms. The fourth-order valence-corrected chi connectivity index (χ4v) is 4.28. The summed E-state index contributed by atoms with van der Waals surface area (Å²) in [5, 5.41) is 2.30. The summed E-state index contributed by atoms with van der Waals surface area (Å²) in [7, 11) is 0. The number of nitrogens with zero attached hydrogens (tertiary/aromatic N) is 2.